The van der Waals surface area contributed by atoms with Crippen LogP contribution in [0, 0.1) is 5.92 Å². The number of piperidine rings is 1. The van der Waals surface area contributed by atoms with E-state index in [2.05, 4.69) is 0 Å². The van der Waals surface area contributed by atoms with Gasteiger partial charge in [0, 0.05) is 82.9 Å². The van der Waals surface area contributed by atoms with Crippen molar-refractivity contribution in [3.05, 3.63) is 17.0 Å². The maximum absolute atomic E-state index is 12.9. The lowest BCUT2D eigenvalue weighted by molar-refractivity contribution is -0.139. The van der Waals surface area contributed by atoms with E-state index in [1.54, 1.807) is 0 Å². The second kappa shape index (κ2) is 8.64. The maximum Gasteiger partial charge on any atom is 0.226 e. The van der Waals surface area contributed by atoms with Gasteiger partial charge in [0.05, 0.1) is 5.69 Å². The maximum atomic E-state index is 12.9. The van der Waals surface area contributed by atoms with Crippen LogP contribution in [-0.4, -0.2) is 64.2 Å². The monoisotopic (exact) mass is 388 g/mol. The molecule has 2 amide bonds. The molecule has 3 aliphatic heterocycles. The van der Waals surface area contributed by atoms with Gasteiger partial charge in [0.1, 0.15) is 0 Å². The predicted octanol–water partition coefficient (Wildman–Crippen LogP) is 1.68. The van der Waals surface area contributed by atoms with E-state index < -0.39 is 0 Å². The molecule has 0 aromatic carbocycles. The van der Waals surface area contributed by atoms with Gasteiger partial charge in [-0.3, -0.25) is 14.3 Å². The number of rotatable bonds is 4. The first-order valence-electron chi connectivity index (χ1n) is 10.8. The average molecular weight is 389 g/mol. The second-order valence-corrected chi connectivity index (χ2v) is 8.33. The van der Waals surface area contributed by atoms with Gasteiger partial charge in [-0.2, -0.15) is 5.10 Å². The SMILES string of the molecule is Cn1nc(CCC(=O)N2CCCCC2)c2c1CCN(C(=O)C1CCOCC1)C2. The van der Waals surface area contributed by atoms with Crippen molar-refractivity contribution in [2.75, 3.05) is 32.8 Å². The number of likely N-dealkylation sites (tertiary alicyclic amines) is 1. The Labute approximate surface area is 167 Å². The third-order valence-electron chi connectivity index (χ3n) is 6.49. The number of carbonyl (C=O) groups excluding carboxylic acids is 2. The van der Waals surface area contributed by atoms with E-state index in [1.165, 1.54) is 17.7 Å². The number of aryl methyl sites for hydroxylation is 2. The van der Waals surface area contributed by atoms with Crippen LogP contribution in [-0.2, 0) is 40.8 Å². The average Bonchev–Trinajstić information content (AvgIpc) is 3.07. The summed E-state index contributed by atoms with van der Waals surface area (Å²) in [6, 6.07) is 0. The van der Waals surface area contributed by atoms with Crippen molar-refractivity contribution in [2.24, 2.45) is 13.0 Å². The van der Waals surface area contributed by atoms with E-state index in [4.69, 9.17) is 9.84 Å². The highest BCUT2D eigenvalue weighted by molar-refractivity contribution is 5.79. The Hall–Kier alpha value is -1.89. The summed E-state index contributed by atoms with van der Waals surface area (Å²) < 4.78 is 7.35. The molecule has 2 fully saturated rings. The van der Waals surface area contributed by atoms with Gasteiger partial charge < -0.3 is 14.5 Å². The van der Waals surface area contributed by atoms with Crippen LogP contribution in [0.15, 0.2) is 0 Å². The lowest BCUT2D eigenvalue weighted by Crippen LogP contribution is -2.41. The molecule has 0 N–H and O–H groups in total. The summed E-state index contributed by atoms with van der Waals surface area (Å²) in [5.41, 5.74) is 3.38. The Morgan fingerprint density at radius 1 is 1.07 bits per heavy atom. The summed E-state index contributed by atoms with van der Waals surface area (Å²) in [4.78, 5) is 29.5. The largest absolute Gasteiger partial charge is 0.381 e. The molecule has 3 aliphatic rings. The van der Waals surface area contributed by atoms with E-state index in [9.17, 15) is 9.59 Å². The highest BCUT2D eigenvalue weighted by Crippen LogP contribution is 2.26. The number of carbonyl (C=O) groups is 2. The topological polar surface area (TPSA) is 67.7 Å². The van der Waals surface area contributed by atoms with E-state index in [1.807, 2.05) is 21.5 Å². The summed E-state index contributed by atoms with van der Waals surface area (Å²) in [5.74, 6) is 0.592. The van der Waals surface area contributed by atoms with E-state index in [-0.39, 0.29) is 17.7 Å². The molecule has 0 spiro atoms. The summed E-state index contributed by atoms with van der Waals surface area (Å²) in [6.07, 6.45) is 7.14. The van der Waals surface area contributed by atoms with E-state index in [0.717, 1.165) is 57.4 Å². The fourth-order valence-electron chi connectivity index (χ4n) is 4.79. The molecular formula is C21H32N4O3. The zero-order valence-corrected chi connectivity index (χ0v) is 17.0. The third kappa shape index (κ3) is 4.09. The van der Waals surface area contributed by atoms with Gasteiger partial charge in [-0.15, -0.1) is 0 Å². The Kier molecular flexibility index (Phi) is 5.99. The molecule has 0 aliphatic carbocycles. The lowest BCUT2D eigenvalue weighted by atomic mass is 9.96. The molecule has 0 radical (unpaired) electrons. The van der Waals surface area contributed by atoms with Crippen LogP contribution >= 0.6 is 0 Å². The first-order chi connectivity index (χ1) is 13.6. The van der Waals surface area contributed by atoms with Crippen LogP contribution < -0.4 is 0 Å². The molecule has 0 atom stereocenters. The van der Waals surface area contributed by atoms with Gasteiger partial charge >= 0.3 is 0 Å². The van der Waals surface area contributed by atoms with E-state index in [0.29, 0.717) is 32.6 Å². The van der Waals surface area contributed by atoms with Gasteiger partial charge in [0.25, 0.3) is 0 Å². The first-order valence-corrected chi connectivity index (χ1v) is 10.8. The Bertz CT molecular complexity index is 717. The summed E-state index contributed by atoms with van der Waals surface area (Å²) in [7, 11) is 1.98. The predicted molar refractivity (Wildman–Crippen MR) is 105 cm³/mol. The second-order valence-electron chi connectivity index (χ2n) is 8.33. The van der Waals surface area contributed by atoms with Crippen molar-refractivity contribution in [2.45, 2.75) is 57.9 Å². The van der Waals surface area contributed by atoms with Crippen molar-refractivity contribution in [3.8, 4) is 0 Å². The molecule has 1 aromatic heterocycles. The first kappa shape index (κ1) is 19.4. The minimum atomic E-state index is 0.0936. The number of fused-ring (bicyclic) bond motifs is 1. The molecule has 4 heterocycles. The molecule has 2 saturated heterocycles. The zero-order valence-electron chi connectivity index (χ0n) is 17.0. The molecule has 1 aromatic rings. The highest BCUT2D eigenvalue weighted by atomic mass is 16.5. The summed E-state index contributed by atoms with van der Waals surface area (Å²) in [5, 5.41) is 4.70. The van der Waals surface area contributed by atoms with Crippen LogP contribution in [0.3, 0.4) is 0 Å². The van der Waals surface area contributed by atoms with Gasteiger partial charge in [-0.1, -0.05) is 0 Å². The summed E-state index contributed by atoms with van der Waals surface area (Å²) in [6.45, 7) is 4.55. The molecule has 0 bridgehead atoms. The molecular weight excluding hydrogens is 356 g/mol. The van der Waals surface area contributed by atoms with Crippen molar-refractivity contribution in [1.82, 2.24) is 19.6 Å². The van der Waals surface area contributed by atoms with Gasteiger partial charge in [-0.05, 0) is 32.1 Å². The Morgan fingerprint density at radius 3 is 2.57 bits per heavy atom. The number of hydrogen-bond donors (Lipinski definition) is 0. The molecule has 154 valence electrons. The normalized spacial score (nSPS) is 20.9. The minimum absolute atomic E-state index is 0.0936. The van der Waals surface area contributed by atoms with Crippen molar-refractivity contribution in [1.29, 1.82) is 0 Å². The van der Waals surface area contributed by atoms with Gasteiger partial charge in [0.2, 0.25) is 11.8 Å². The van der Waals surface area contributed by atoms with E-state index >= 15 is 0 Å². The van der Waals surface area contributed by atoms with Crippen LogP contribution in [0.4, 0.5) is 0 Å². The molecule has 7 nitrogen and oxygen atoms in total. The van der Waals surface area contributed by atoms with Crippen LogP contribution in [0.1, 0.15) is 55.5 Å². The Balaban J connectivity index is 1.40. The van der Waals surface area contributed by atoms with Crippen molar-refractivity contribution < 1.29 is 14.3 Å². The van der Waals surface area contributed by atoms with Gasteiger partial charge in [-0.25, -0.2) is 0 Å². The van der Waals surface area contributed by atoms with Gasteiger partial charge in [0.15, 0.2) is 0 Å². The fraction of sp³-hybridized carbons (Fsp3) is 0.762. The molecule has 7 heteroatoms. The number of aromatic nitrogens is 2. The van der Waals surface area contributed by atoms with Crippen LogP contribution in [0.2, 0.25) is 0 Å². The zero-order chi connectivity index (χ0) is 19.5. The minimum Gasteiger partial charge on any atom is -0.381 e. The Morgan fingerprint density at radius 2 is 1.82 bits per heavy atom. The summed E-state index contributed by atoms with van der Waals surface area (Å²) >= 11 is 0. The fourth-order valence-corrected chi connectivity index (χ4v) is 4.79. The quantitative estimate of drug-likeness (QED) is 0.787. The lowest BCUT2D eigenvalue weighted by Gasteiger charge is -2.32. The standard InChI is InChI=1S/C21H32N4O3/c1-23-19-7-12-25(21(27)16-8-13-28-14-9-16)15-17(19)18(22-23)5-6-20(26)24-10-3-2-4-11-24/h16H,2-15H2,1H3. The highest BCUT2D eigenvalue weighted by Gasteiger charge is 2.31. The van der Waals surface area contributed by atoms with Crippen molar-refractivity contribution in [3.63, 3.8) is 0 Å². The molecule has 28 heavy (non-hydrogen) atoms. The third-order valence-corrected chi connectivity index (χ3v) is 6.49. The van der Waals surface area contributed by atoms with Crippen LogP contribution in [0.5, 0.6) is 0 Å². The van der Waals surface area contributed by atoms with Crippen molar-refractivity contribution >= 4 is 11.8 Å². The molecule has 0 saturated carbocycles. The smallest absolute Gasteiger partial charge is 0.226 e. The molecule has 0 unspecified atom stereocenters. The number of ether oxygens (including phenoxy) is 1. The number of amides is 2. The molecule has 4 rings (SSSR count). The number of hydrogen-bond acceptors (Lipinski definition) is 4. The number of nitrogens with zero attached hydrogens (tertiary/aromatic N) is 4. The van der Waals surface area contributed by atoms with Crippen LogP contribution in [0.25, 0.3) is 0 Å².